The standard InChI is InChI=1S/C22H18ClNO3/c1-13-9-18(20(26-2)11-17(13)23)24-21(25)10-15-12-27-19-8-7-14-5-3-4-6-16(14)22(15)19/h3-9,11-12H,10H2,1-2H3,(H,24,25). The van der Waals surface area contributed by atoms with Gasteiger partial charge in [0, 0.05) is 22.0 Å². The number of hydrogen-bond acceptors (Lipinski definition) is 3. The number of carbonyl (C=O) groups is 1. The Morgan fingerprint density at radius 3 is 2.81 bits per heavy atom. The van der Waals surface area contributed by atoms with Crippen LogP contribution in [0.25, 0.3) is 21.7 Å². The lowest BCUT2D eigenvalue weighted by Gasteiger charge is -2.12. The molecule has 0 saturated carbocycles. The fourth-order valence-corrected chi connectivity index (χ4v) is 3.46. The van der Waals surface area contributed by atoms with Crippen molar-refractivity contribution in [3.63, 3.8) is 0 Å². The maximum atomic E-state index is 12.7. The molecular formula is C22H18ClNO3. The Morgan fingerprint density at radius 2 is 2.00 bits per heavy atom. The van der Waals surface area contributed by atoms with Gasteiger partial charge in [-0.2, -0.15) is 0 Å². The Morgan fingerprint density at radius 1 is 1.19 bits per heavy atom. The van der Waals surface area contributed by atoms with Gasteiger partial charge in [0.25, 0.3) is 0 Å². The van der Waals surface area contributed by atoms with Crippen LogP contribution in [0.2, 0.25) is 5.02 Å². The van der Waals surface area contributed by atoms with Gasteiger partial charge in [-0.05, 0) is 35.4 Å². The van der Waals surface area contributed by atoms with E-state index in [1.165, 1.54) is 0 Å². The predicted octanol–water partition coefficient (Wildman–Crippen LogP) is 5.74. The average molecular weight is 380 g/mol. The SMILES string of the molecule is COc1cc(Cl)c(C)cc1NC(=O)Cc1coc2ccc3ccccc3c12. The average Bonchev–Trinajstić information content (AvgIpc) is 3.07. The van der Waals surface area contributed by atoms with Crippen LogP contribution in [-0.4, -0.2) is 13.0 Å². The topological polar surface area (TPSA) is 51.5 Å². The van der Waals surface area contributed by atoms with Gasteiger partial charge in [-0.3, -0.25) is 4.79 Å². The molecule has 0 spiro atoms. The molecule has 1 amide bonds. The van der Waals surface area contributed by atoms with Crippen molar-refractivity contribution in [2.24, 2.45) is 0 Å². The quantitative estimate of drug-likeness (QED) is 0.492. The molecule has 4 nitrogen and oxygen atoms in total. The molecule has 3 aromatic carbocycles. The fourth-order valence-electron chi connectivity index (χ4n) is 3.30. The number of anilines is 1. The van der Waals surface area contributed by atoms with E-state index >= 15 is 0 Å². The third kappa shape index (κ3) is 3.24. The molecule has 27 heavy (non-hydrogen) atoms. The van der Waals surface area contributed by atoms with E-state index in [4.69, 9.17) is 20.8 Å². The molecule has 0 fully saturated rings. The van der Waals surface area contributed by atoms with Crippen LogP contribution < -0.4 is 10.1 Å². The summed E-state index contributed by atoms with van der Waals surface area (Å²) < 4.78 is 11.0. The van der Waals surface area contributed by atoms with Gasteiger partial charge in [-0.1, -0.05) is 41.9 Å². The number of rotatable bonds is 4. The van der Waals surface area contributed by atoms with Crippen LogP contribution in [0, 0.1) is 6.92 Å². The molecule has 1 heterocycles. The number of carbonyl (C=O) groups excluding carboxylic acids is 1. The summed E-state index contributed by atoms with van der Waals surface area (Å²) in [6.45, 7) is 1.88. The zero-order valence-electron chi connectivity index (χ0n) is 15.0. The number of aryl methyl sites for hydroxylation is 1. The Balaban J connectivity index is 1.66. The monoisotopic (exact) mass is 379 g/mol. The smallest absolute Gasteiger partial charge is 0.229 e. The minimum absolute atomic E-state index is 0.148. The number of fused-ring (bicyclic) bond motifs is 3. The molecule has 5 heteroatoms. The lowest BCUT2D eigenvalue weighted by molar-refractivity contribution is -0.115. The first-order chi connectivity index (χ1) is 13.1. The van der Waals surface area contributed by atoms with Crippen LogP contribution in [-0.2, 0) is 11.2 Å². The van der Waals surface area contributed by atoms with Gasteiger partial charge in [0.15, 0.2) is 0 Å². The Kier molecular flexibility index (Phi) is 4.50. The van der Waals surface area contributed by atoms with E-state index in [0.29, 0.717) is 16.5 Å². The van der Waals surface area contributed by atoms with Gasteiger partial charge in [0.1, 0.15) is 11.3 Å². The van der Waals surface area contributed by atoms with Crippen LogP contribution in [0.5, 0.6) is 5.75 Å². The van der Waals surface area contributed by atoms with Crippen LogP contribution in [0.4, 0.5) is 5.69 Å². The maximum absolute atomic E-state index is 12.7. The molecule has 4 rings (SSSR count). The Bertz CT molecular complexity index is 1160. The van der Waals surface area contributed by atoms with E-state index in [-0.39, 0.29) is 12.3 Å². The number of ether oxygens (including phenoxy) is 1. The summed E-state index contributed by atoms with van der Waals surface area (Å²) in [5.41, 5.74) is 3.09. The Labute approximate surface area is 161 Å². The second kappa shape index (κ2) is 6.97. The third-order valence-electron chi connectivity index (χ3n) is 4.65. The highest BCUT2D eigenvalue weighted by atomic mass is 35.5. The summed E-state index contributed by atoms with van der Waals surface area (Å²) in [6.07, 6.45) is 1.85. The summed E-state index contributed by atoms with van der Waals surface area (Å²) in [7, 11) is 1.55. The van der Waals surface area contributed by atoms with Crippen molar-refractivity contribution in [2.45, 2.75) is 13.3 Å². The first-order valence-corrected chi connectivity index (χ1v) is 8.96. The zero-order valence-corrected chi connectivity index (χ0v) is 15.8. The zero-order chi connectivity index (χ0) is 19.0. The van der Waals surface area contributed by atoms with Crippen molar-refractivity contribution in [1.29, 1.82) is 0 Å². The Hall–Kier alpha value is -2.98. The summed E-state index contributed by atoms with van der Waals surface area (Å²) in [6, 6.07) is 15.5. The largest absolute Gasteiger partial charge is 0.495 e. The summed E-state index contributed by atoms with van der Waals surface area (Å²) >= 11 is 6.13. The van der Waals surface area contributed by atoms with E-state index in [2.05, 4.69) is 5.32 Å². The van der Waals surface area contributed by atoms with E-state index in [9.17, 15) is 4.79 Å². The van der Waals surface area contributed by atoms with Crippen LogP contribution >= 0.6 is 11.6 Å². The summed E-state index contributed by atoms with van der Waals surface area (Å²) in [4.78, 5) is 12.7. The molecule has 4 aromatic rings. The lowest BCUT2D eigenvalue weighted by Crippen LogP contribution is -2.15. The summed E-state index contributed by atoms with van der Waals surface area (Å²) in [5, 5.41) is 6.67. The molecule has 1 N–H and O–H groups in total. The molecule has 0 aliphatic carbocycles. The van der Waals surface area contributed by atoms with Gasteiger partial charge in [-0.25, -0.2) is 0 Å². The molecule has 0 saturated heterocycles. The number of furan rings is 1. The highest BCUT2D eigenvalue weighted by Crippen LogP contribution is 2.32. The van der Waals surface area contributed by atoms with E-state index in [1.54, 1.807) is 19.4 Å². The van der Waals surface area contributed by atoms with Gasteiger partial charge >= 0.3 is 0 Å². The lowest BCUT2D eigenvalue weighted by atomic mass is 10.0. The van der Waals surface area contributed by atoms with Gasteiger partial charge in [0.2, 0.25) is 5.91 Å². The predicted molar refractivity (Wildman–Crippen MR) is 109 cm³/mol. The number of nitrogens with one attached hydrogen (secondary N) is 1. The molecule has 1 aromatic heterocycles. The number of benzene rings is 3. The van der Waals surface area contributed by atoms with Crippen LogP contribution in [0.1, 0.15) is 11.1 Å². The summed E-state index contributed by atoms with van der Waals surface area (Å²) in [5.74, 6) is 0.382. The van der Waals surface area contributed by atoms with Crippen LogP contribution in [0.15, 0.2) is 59.2 Å². The maximum Gasteiger partial charge on any atom is 0.229 e. The molecule has 0 bridgehead atoms. The molecule has 0 unspecified atom stereocenters. The van der Waals surface area contributed by atoms with E-state index in [1.807, 2.05) is 49.4 Å². The highest BCUT2D eigenvalue weighted by molar-refractivity contribution is 6.31. The van der Waals surface area contributed by atoms with Crippen molar-refractivity contribution in [1.82, 2.24) is 0 Å². The minimum Gasteiger partial charge on any atom is -0.495 e. The van der Waals surface area contributed by atoms with Crippen molar-refractivity contribution in [3.8, 4) is 5.75 Å². The van der Waals surface area contributed by atoms with Crippen molar-refractivity contribution >= 4 is 44.9 Å². The highest BCUT2D eigenvalue weighted by Gasteiger charge is 2.15. The molecular weight excluding hydrogens is 362 g/mol. The number of methoxy groups -OCH3 is 1. The second-order valence-electron chi connectivity index (χ2n) is 6.45. The first-order valence-electron chi connectivity index (χ1n) is 8.58. The van der Waals surface area contributed by atoms with Gasteiger partial charge < -0.3 is 14.5 Å². The fraction of sp³-hybridized carbons (Fsp3) is 0.136. The van der Waals surface area contributed by atoms with E-state index in [0.717, 1.165) is 32.9 Å². The molecule has 136 valence electrons. The molecule has 0 aliphatic heterocycles. The third-order valence-corrected chi connectivity index (χ3v) is 5.05. The number of halogens is 1. The van der Waals surface area contributed by atoms with Gasteiger partial charge in [-0.15, -0.1) is 0 Å². The van der Waals surface area contributed by atoms with Crippen molar-refractivity contribution in [2.75, 3.05) is 12.4 Å². The van der Waals surface area contributed by atoms with Crippen molar-refractivity contribution < 1.29 is 13.9 Å². The van der Waals surface area contributed by atoms with E-state index < -0.39 is 0 Å². The molecule has 0 aliphatic rings. The second-order valence-corrected chi connectivity index (χ2v) is 6.85. The first kappa shape index (κ1) is 17.4. The normalized spacial score (nSPS) is 11.1. The van der Waals surface area contributed by atoms with Crippen LogP contribution in [0.3, 0.4) is 0 Å². The molecule has 0 radical (unpaired) electrons. The number of hydrogen-bond donors (Lipinski definition) is 1. The molecule has 0 atom stereocenters. The van der Waals surface area contributed by atoms with Crippen molar-refractivity contribution in [3.05, 3.63) is 70.9 Å². The van der Waals surface area contributed by atoms with Gasteiger partial charge in [0.05, 0.1) is 25.5 Å². The minimum atomic E-state index is -0.148. The number of amides is 1.